The van der Waals surface area contributed by atoms with E-state index in [4.69, 9.17) is 11.6 Å². The third kappa shape index (κ3) is 3.00. The molecular formula is C14H11ClFN3O2S. The van der Waals surface area contributed by atoms with Gasteiger partial charge in [-0.1, -0.05) is 23.4 Å². The number of anilines is 1. The van der Waals surface area contributed by atoms with Gasteiger partial charge in [0.15, 0.2) is 5.16 Å². The highest BCUT2D eigenvalue weighted by molar-refractivity contribution is 7.99. The van der Waals surface area contributed by atoms with Gasteiger partial charge in [-0.15, -0.1) is 0 Å². The van der Waals surface area contributed by atoms with Crippen LogP contribution in [0.3, 0.4) is 0 Å². The van der Waals surface area contributed by atoms with Crippen molar-refractivity contribution in [3.05, 3.63) is 51.7 Å². The van der Waals surface area contributed by atoms with E-state index >= 15 is 0 Å². The van der Waals surface area contributed by atoms with E-state index in [-0.39, 0.29) is 29.0 Å². The highest BCUT2D eigenvalue weighted by Crippen LogP contribution is 2.26. The van der Waals surface area contributed by atoms with Gasteiger partial charge in [0.2, 0.25) is 5.91 Å². The predicted octanol–water partition coefficient (Wildman–Crippen LogP) is 2.40. The zero-order chi connectivity index (χ0) is 15.7. The molecule has 5 nitrogen and oxygen atoms in total. The molecule has 114 valence electrons. The van der Waals surface area contributed by atoms with Crippen molar-refractivity contribution in [2.45, 2.75) is 11.7 Å². The average Bonchev–Trinajstić information content (AvgIpc) is 2.51. The molecule has 2 aromatic rings. The molecule has 0 aliphatic carbocycles. The van der Waals surface area contributed by atoms with Crippen LogP contribution in [0.15, 0.2) is 40.4 Å². The number of carbonyl (C=O) groups is 1. The molecule has 0 radical (unpaired) electrons. The summed E-state index contributed by atoms with van der Waals surface area (Å²) in [4.78, 5) is 28.2. The van der Waals surface area contributed by atoms with Crippen molar-refractivity contribution in [3.63, 3.8) is 0 Å². The minimum Gasteiger partial charge on any atom is -0.326 e. The summed E-state index contributed by atoms with van der Waals surface area (Å²) in [6.07, 6.45) is 1.46. The fourth-order valence-corrected chi connectivity index (χ4v) is 3.37. The second-order valence-electron chi connectivity index (χ2n) is 4.80. The van der Waals surface area contributed by atoms with Gasteiger partial charge in [0.25, 0.3) is 5.56 Å². The Morgan fingerprint density at radius 2 is 2.27 bits per heavy atom. The number of hydrogen-bond acceptors (Lipinski definition) is 4. The number of hydrogen-bond donors (Lipinski definition) is 1. The van der Waals surface area contributed by atoms with Gasteiger partial charge in [0.05, 0.1) is 10.9 Å². The lowest BCUT2D eigenvalue weighted by Crippen LogP contribution is -2.36. The van der Waals surface area contributed by atoms with E-state index in [1.807, 2.05) is 0 Å². The number of halogens is 2. The molecule has 0 spiro atoms. The Hall–Kier alpha value is -1.86. The van der Waals surface area contributed by atoms with Gasteiger partial charge in [-0.25, -0.2) is 9.37 Å². The van der Waals surface area contributed by atoms with Crippen molar-refractivity contribution >= 4 is 35.0 Å². The Bertz CT molecular complexity index is 796. The topological polar surface area (TPSA) is 64.0 Å². The van der Waals surface area contributed by atoms with E-state index in [0.717, 1.165) is 0 Å². The van der Waals surface area contributed by atoms with Crippen LogP contribution in [0.2, 0.25) is 5.02 Å². The van der Waals surface area contributed by atoms with Gasteiger partial charge < -0.3 is 5.32 Å². The van der Waals surface area contributed by atoms with Crippen LogP contribution in [0.1, 0.15) is 0 Å². The molecule has 1 aliphatic heterocycles. The maximum absolute atomic E-state index is 13.1. The highest BCUT2D eigenvalue weighted by Gasteiger charge is 2.26. The first kappa shape index (κ1) is 15.1. The lowest BCUT2D eigenvalue weighted by Gasteiger charge is -2.23. The van der Waals surface area contributed by atoms with E-state index < -0.39 is 5.82 Å². The average molecular weight is 340 g/mol. The van der Waals surface area contributed by atoms with Crippen LogP contribution in [-0.2, 0) is 11.3 Å². The molecule has 2 heterocycles. The fourth-order valence-electron chi connectivity index (χ4n) is 2.13. The molecule has 1 atom stereocenters. The largest absolute Gasteiger partial charge is 0.326 e. The second-order valence-corrected chi connectivity index (χ2v) is 6.20. The molecule has 1 amide bonds. The Morgan fingerprint density at radius 3 is 3.05 bits per heavy atom. The van der Waals surface area contributed by atoms with Crippen LogP contribution in [-0.4, -0.2) is 21.2 Å². The lowest BCUT2D eigenvalue weighted by molar-refractivity contribution is -0.119. The number of benzene rings is 1. The van der Waals surface area contributed by atoms with Crippen LogP contribution in [0.5, 0.6) is 0 Å². The summed E-state index contributed by atoms with van der Waals surface area (Å²) >= 11 is 7.05. The Kier molecular flexibility index (Phi) is 4.17. The number of nitrogens with one attached hydrogen (secondary N) is 1. The van der Waals surface area contributed by atoms with Crippen molar-refractivity contribution < 1.29 is 9.18 Å². The first-order valence-electron chi connectivity index (χ1n) is 6.49. The normalized spacial score (nSPS) is 16.9. The van der Waals surface area contributed by atoms with Gasteiger partial charge in [-0.05, 0) is 18.2 Å². The number of aromatic nitrogens is 2. The van der Waals surface area contributed by atoms with Crippen molar-refractivity contribution in [1.82, 2.24) is 9.55 Å². The van der Waals surface area contributed by atoms with Crippen LogP contribution in [0, 0.1) is 11.7 Å². The SMILES string of the molecule is O=C(Nc1ccc(F)c(Cl)c1)C1CSc2nccc(=O)n2C1. The van der Waals surface area contributed by atoms with Crippen molar-refractivity contribution in [1.29, 1.82) is 0 Å². The summed E-state index contributed by atoms with van der Waals surface area (Å²) in [6, 6.07) is 5.35. The van der Waals surface area contributed by atoms with Gasteiger partial charge in [-0.2, -0.15) is 0 Å². The number of nitrogens with zero attached hydrogens (tertiary/aromatic N) is 2. The number of carbonyl (C=O) groups excluding carboxylic acids is 1. The van der Waals surface area contributed by atoms with Crippen LogP contribution >= 0.6 is 23.4 Å². The summed E-state index contributed by atoms with van der Waals surface area (Å²) in [5.74, 6) is -0.628. The molecule has 1 unspecified atom stereocenters. The zero-order valence-electron chi connectivity index (χ0n) is 11.3. The van der Waals surface area contributed by atoms with E-state index in [0.29, 0.717) is 16.6 Å². The summed E-state index contributed by atoms with van der Waals surface area (Å²) < 4.78 is 14.6. The standard InChI is InChI=1S/C14H11ClFN3O2S/c15-10-5-9(1-2-11(10)16)18-13(21)8-6-19-12(20)3-4-17-14(19)22-7-8/h1-5,8H,6-7H2,(H,18,21). The van der Waals surface area contributed by atoms with E-state index in [1.54, 1.807) is 0 Å². The van der Waals surface area contributed by atoms with Crippen LogP contribution in [0.4, 0.5) is 10.1 Å². The Labute approximate surface area is 134 Å². The molecule has 8 heteroatoms. The minimum absolute atomic E-state index is 0.0541. The monoisotopic (exact) mass is 339 g/mol. The van der Waals surface area contributed by atoms with Crippen molar-refractivity contribution in [2.24, 2.45) is 5.92 Å². The van der Waals surface area contributed by atoms with Crippen molar-refractivity contribution in [2.75, 3.05) is 11.1 Å². The molecule has 0 saturated heterocycles. The van der Waals surface area contributed by atoms with Gasteiger partial charge in [0.1, 0.15) is 5.82 Å². The predicted molar refractivity (Wildman–Crippen MR) is 82.8 cm³/mol. The van der Waals surface area contributed by atoms with Crippen LogP contribution in [0.25, 0.3) is 0 Å². The molecular weight excluding hydrogens is 329 g/mol. The first-order valence-corrected chi connectivity index (χ1v) is 7.85. The molecule has 1 N–H and O–H groups in total. The Balaban J connectivity index is 1.75. The molecule has 22 heavy (non-hydrogen) atoms. The number of amides is 1. The molecule has 1 aromatic carbocycles. The van der Waals surface area contributed by atoms with E-state index in [9.17, 15) is 14.0 Å². The third-order valence-corrected chi connectivity index (χ3v) is 4.72. The van der Waals surface area contributed by atoms with Crippen LogP contribution < -0.4 is 10.9 Å². The number of thioether (sulfide) groups is 1. The Morgan fingerprint density at radius 1 is 1.45 bits per heavy atom. The summed E-state index contributed by atoms with van der Waals surface area (Å²) in [5, 5.41) is 3.25. The van der Waals surface area contributed by atoms with E-state index in [1.165, 1.54) is 46.8 Å². The maximum atomic E-state index is 13.1. The number of fused-ring (bicyclic) bond motifs is 1. The molecule has 0 saturated carbocycles. The highest BCUT2D eigenvalue weighted by atomic mass is 35.5. The number of rotatable bonds is 2. The summed E-state index contributed by atoms with van der Waals surface area (Å²) in [5.41, 5.74) is 0.241. The zero-order valence-corrected chi connectivity index (χ0v) is 12.8. The third-order valence-electron chi connectivity index (χ3n) is 3.27. The van der Waals surface area contributed by atoms with Gasteiger partial charge >= 0.3 is 0 Å². The maximum Gasteiger partial charge on any atom is 0.254 e. The lowest BCUT2D eigenvalue weighted by atomic mass is 10.1. The minimum atomic E-state index is -0.542. The van der Waals surface area contributed by atoms with Gasteiger partial charge in [-0.3, -0.25) is 14.2 Å². The smallest absolute Gasteiger partial charge is 0.254 e. The molecule has 3 rings (SSSR count). The van der Waals surface area contributed by atoms with E-state index in [2.05, 4.69) is 10.3 Å². The second kappa shape index (κ2) is 6.10. The quantitative estimate of drug-likeness (QED) is 0.853. The summed E-state index contributed by atoms with van der Waals surface area (Å²) in [6.45, 7) is 0.274. The molecule has 1 aromatic heterocycles. The molecule has 0 fully saturated rings. The van der Waals surface area contributed by atoms with Crippen molar-refractivity contribution in [3.8, 4) is 0 Å². The first-order chi connectivity index (χ1) is 10.5. The molecule has 1 aliphatic rings. The molecule has 0 bridgehead atoms. The van der Waals surface area contributed by atoms with Gasteiger partial charge in [0, 0.05) is 30.2 Å². The fraction of sp³-hybridized carbons (Fsp3) is 0.214. The summed E-state index contributed by atoms with van der Waals surface area (Å²) in [7, 11) is 0.